The molecule has 2 atom stereocenters. The van der Waals surface area contributed by atoms with Gasteiger partial charge in [0.25, 0.3) is 0 Å². The zero-order chi connectivity index (χ0) is 12.1. The van der Waals surface area contributed by atoms with E-state index in [4.69, 9.17) is 5.73 Å². The van der Waals surface area contributed by atoms with Gasteiger partial charge in [0, 0.05) is 5.54 Å². The third-order valence-electron chi connectivity index (χ3n) is 5.36. The molecule has 2 aliphatic rings. The van der Waals surface area contributed by atoms with Crippen molar-refractivity contribution in [3.8, 4) is 0 Å². The van der Waals surface area contributed by atoms with Crippen LogP contribution in [0.25, 0.3) is 0 Å². The molecule has 0 spiro atoms. The molecule has 100 valence electrons. The number of hydrogen-bond acceptors (Lipinski definition) is 1. The molecule has 0 heterocycles. The van der Waals surface area contributed by atoms with Crippen molar-refractivity contribution < 1.29 is 0 Å². The zero-order valence-corrected chi connectivity index (χ0v) is 11.7. The summed E-state index contributed by atoms with van der Waals surface area (Å²) in [4.78, 5) is 0. The Bertz CT molecular complexity index is 220. The summed E-state index contributed by atoms with van der Waals surface area (Å²) in [5, 5.41) is 0. The second-order valence-electron chi connectivity index (χ2n) is 6.59. The molecule has 2 unspecified atom stereocenters. The van der Waals surface area contributed by atoms with Crippen LogP contribution in [0.1, 0.15) is 84.0 Å². The van der Waals surface area contributed by atoms with Gasteiger partial charge in [0.05, 0.1) is 0 Å². The van der Waals surface area contributed by atoms with Crippen LogP contribution in [0.4, 0.5) is 0 Å². The molecule has 2 rings (SSSR count). The first-order valence-corrected chi connectivity index (χ1v) is 8.05. The Morgan fingerprint density at radius 2 is 1.71 bits per heavy atom. The molecule has 1 nitrogen and oxygen atoms in total. The molecule has 0 aromatic carbocycles. The van der Waals surface area contributed by atoms with Crippen LogP contribution in [0.5, 0.6) is 0 Å². The first-order valence-electron chi connectivity index (χ1n) is 8.05. The third-order valence-corrected chi connectivity index (χ3v) is 5.36. The molecule has 2 fully saturated rings. The normalized spacial score (nSPS) is 36.0. The lowest BCUT2D eigenvalue weighted by Crippen LogP contribution is -2.52. The van der Waals surface area contributed by atoms with Crippen LogP contribution < -0.4 is 5.73 Å². The van der Waals surface area contributed by atoms with Gasteiger partial charge in [-0.1, -0.05) is 64.7 Å². The maximum Gasteiger partial charge on any atom is 0.0185 e. The number of hydrogen-bond donors (Lipinski definition) is 1. The number of nitrogens with two attached hydrogens (primary N) is 1. The fourth-order valence-electron chi connectivity index (χ4n) is 4.35. The highest BCUT2D eigenvalue weighted by molar-refractivity contribution is 4.97. The van der Waals surface area contributed by atoms with Crippen molar-refractivity contribution >= 4 is 0 Å². The van der Waals surface area contributed by atoms with Crippen LogP contribution in [0.2, 0.25) is 0 Å². The second-order valence-corrected chi connectivity index (χ2v) is 6.59. The lowest BCUT2D eigenvalue weighted by molar-refractivity contribution is 0.0912. The highest BCUT2D eigenvalue weighted by atomic mass is 14.8. The summed E-state index contributed by atoms with van der Waals surface area (Å²) in [6.45, 7) is 2.29. The van der Waals surface area contributed by atoms with Gasteiger partial charge in [0.2, 0.25) is 0 Å². The van der Waals surface area contributed by atoms with Crippen molar-refractivity contribution in [2.75, 3.05) is 0 Å². The molecule has 2 saturated carbocycles. The van der Waals surface area contributed by atoms with E-state index in [1.807, 2.05) is 0 Å². The number of unbranched alkanes of at least 4 members (excludes halogenated alkanes) is 1. The largest absolute Gasteiger partial charge is 0.325 e. The maximum absolute atomic E-state index is 6.82. The summed E-state index contributed by atoms with van der Waals surface area (Å²) >= 11 is 0. The quantitative estimate of drug-likeness (QED) is 0.757. The molecule has 0 aromatic rings. The Morgan fingerprint density at radius 1 is 1.00 bits per heavy atom. The van der Waals surface area contributed by atoms with Crippen molar-refractivity contribution in [3.63, 3.8) is 0 Å². The summed E-state index contributed by atoms with van der Waals surface area (Å²) in [6.07, 6.45) is 16.8. The van der Waals surface area contributed by atoms with Gasteiger partial charge < -0.3 is 5.73 Å². The predicted molar refractivity (Wildman–Crippen MR) is 75.0 cm³/mol. The molecule has 0 amide bonds. The topological polar surface area (TPSA) is 26.0 Å². The van der Waals surface area contributed by atoms with Crippen molar-refractivity contribution in [2.24, 2.45) is 17.6 Å². The van der Waals surface area contributed by atoms with Crippen LogP contribution in [-0.2, 0) is 0 Å². The summed E-state index contributed by atoms with van der Waals surface area (Å²) < 4.78 is 0. The van der Waals surface area contributed by atoms with Gasteiger partial charge in [0.1, 0.15) is 0 Å². The predicted octanol–water partition coefficient (Wildman–Crippen LogP) is 4.64. The van der Waals surface area contributed by atoms with Crippen molar-refractivity contribution in [3.05, 3.63) is 0 Å². The molecular formula is C16H31N. The van der Waals surface area contributed by atoms with Crippen molar-refractivity contribution in [2.45, 2.75) is 89.5 Å². The van der Waals surface area contributed by atoms with E-state index in [9.17, 15) is 0 Å². The molecule has 2 aliphatic carbocycles. The highest BCUT2D eigenvalue weighted by Crippen LogP contribution is 2.44. The van der Waals surface area contributed by atoms with E-state index in [0.29, 0.717) is 0 Å². The Balaban J connectivity index is 1.99. The van der Waals surface area contributed by atoms with E-state index in [2.05, 4.69) is 6.92 Å². The summed E-state index contributed by atoms with van der Waals surface area (Å²) in [6, 6.07) is 0. The van der Waals surface area contributed by atoms with Crippen LogP contribution in [-0.4, -0.2) is 5.54 Å². The zero-order valence-electron chi connectivity index (χ0n) is 11.7. The monoisotopic (exact) mass is 237 g/mol. The standard InChI is InChI=1S/C16H31N/c1-2-3-12-16(17)13-8-7-11-15(16)14-9-5-4-6-10-14/h14-15H,2-13,17H2,1H3. The summed E-state index contributed by atoms with van der Waals surface area (Å²) in [7, 11) is 0. The van der Waals surface area contributed by atoms with Crippen LogP contribution >= 0.6 is 0 Å². The molecule has 2 N–H and O–H groups in total. The van der Waals surface area contributed by atoms with Crippen molar-refractivity contribution in [1.29, 1.82) is 0 Å². The molecule has 0 saturated heterocycles. The molecular weight excluding hydrogens is 206 g/mol. The molecule has 0 radical (unpaired) electrons. The van der Waals surface area contributed by atoms with Crippen LogP contribution in [0, 0.1) is 11.8 Å². The van der Waals surface area contributed by atoms with Gasteiger partial charge in [-0.15, -0.1) is 0 Å². The van der Waals surface area contributed by atoms with Gasteiger partial charge >= 0.3 is 0 Å². The summed E-state index contributed by atoms with van der Waals surface area (Å²) in [5.74, 6) is 1.81. The van der Waals surface area contributed by atoms with Crippen LogP contribution in [0.3, 0.4) is 0 Å². The van der Waals surface area contributed by atoms with E-state index in [-0.39, 0.29) is 5.54 Å². The molecule has 0 aliphatic heterocycles. The Labute approximate surface area is 108 Å². The first-order chi connectivity index (χ1) is 8.26. The minimum Gasteiger partial charge on any atom is -0.325 e. The minimum atomic E-state index is 0.205. The Hall–Kier alpha value is -0.0400. The third kappa shape index (κ3) is 3.24. The highest BCUT2D eigenvalue weighted by Gasteiger charge is 2.40. The van der Waals surface area contributed by atoms with E-state index in [1.165, 1.54) is 77.0 Å². The van der Waals surface area contributed by atoms with Gasteiger partial charge in [-0.2, -0.15) is 0 Å². The average Bonchev–Trinajstić information content (AvgIpc) is 2.38. The van der Waals surface area contributed by atoms with E-state index in [0.717, 1.165) is 11.8 Å². The SMILES string of the molecule is CCCCC1(N)CCCCC1C1CCCCC1. The molecule has 0 aromatic heterocycles. The molecule has 17 heavy (non-hydrogen) atoms. The van der Waals surface area contributed by atoms with Gasteiger partial charge in [0.15, 0.2) is 0 Å². The average molecular weight is 237 g/mol. The van der Waals surface area contributed by atoms with E-state index in [1.54, 1.807) is 0 Å². The van der Waals surface area contributed by atoms with Crippen molar-refractivity contribution in [1.82, 2.24) is 0 Å². The maximum atomic E-state index is 6.82. The van der Waals surface area contributed by atoms with E-state index < -0.39 is 0 Å². The van der Waals surface area contributed by atoms with E-state index >= 15 is 0 Å². The lowest BCUT2D eigenvalue weighted by atomic mass is 9.63. The minimum absolute atomic E-state index is 0.205. The summed E-state index contributed by atoms with van der Waals surface area (Å²) in [5.41, 5.74) is 7.02. The fraction of sp³-hybridized carbons (Fsp3) is 1.00. The smallest absolute Gasteiger partial charge is 0.0185 e. The van der Waals surface area contributed by atoms with Gasteiger partial charge in [-0.25, -0.2) is 0 Å². The van der Waals surface area contributed by atoms with Gasteiger partial charge in [-0.05, 0) is 31.1 Å². The fourth-order valence-corrected chi connectivity index (χ4v) is 4.35. The lowest BCUT2D eigenvalue weighted by Gasteiger charge is -2.46. The molecule has 1 heteroatoms. The Kier molecular flexibility index (Phi) is 4.90. The Morgan fingerprint density at radius 3 is 2.41 bits per heavy atom. The van der Waals surface area contributed by atoms with Crippen LogP contribution in [0.15, 0.2) is 0 Å². The second kappa shape index (κ2) is 6.22. The van der Waals surface area contributed by atoms with Gasteiger partial charge in [-0.3, -0.25) is 0 Å². The first kappa shape index (κ1) is 13.4. The number of rotatable bonds is 4. The molecule has 0 bridgehead atoms.